The fraction of sp³-hybridized carbons (Fsp3) is 0.240. The van der Waals surface area contributed by atoms with Gasteiger partial charge in [0.2, 0.25) is 5.91 Å². The Balaban J connectivity index is 2.27. The van der Waals surface area contributed by atoms with Gasteiger partial charge in [0.1, 0.15) is 17.7 Å². The van der Waals surface area contributed by atoms with Gasteiger partial charge < -0.3 is 10.4 Å². The summed E-state index contributed by atoms with van der Waals surface area (Å²) in [6.07, 6.45) is -14.9. The smallest absolute Gasteiger partial charge is 0.383 e. The Morgan fingerprint density at radius 1 is 0.778 bits per heavy atom. The molecule has 1 amide bonds. The van der Waals surface area contributed by atoms with E-state index in [-0.39, 0.29) is 18.1 Å². The van der Waals surface area contributed by atoms with Crippen molar-refractivity contribution < 1.29 is 45.0 Å². The van der Waals surface area contributed by atoms with Crippen molar-refractivity contribution in [2.45, 2.75) is 36.8 Å². The minimum Gasteiger partial charge on any atom is -0.383 e. The standard InChI is InChI=1S/C25H19F8NO2/c26-19-8-6-16(7-9-19)23(13-15-4-2-1-3-5-15,34-22(36)21(35)14-24(28,29)30)17-10-18(25(31,32)33)12-20(27)11-17/h1-12,21,35H,13-14H2,(H,34,36)/t21-,23+/m0/s1. The molecule has 0 aliphatic heterocycles. The number of carbonyl (C=O) groups is 1. The first kappa shape index (κ1) is 27.1. The van der Waals surface area contributed by atoms with Gasteiger partial charge in [-0.15, -0.1) is 0 Å². The second-order valence-electron chi connectivity index (χ2n) is 8.13. The maximum Gasteiger partial charge on any atom is 0.416 e. The van der Waals surface area contributed by atoms with Crippen LogP contribution in [0.15, 0.2) is 72.8 Å². The van der Waals surface area contributed by atoms with Crippen LogP contribution >= 0.6 is 0 Å². The summed E-state index contributed by atoms with van der Waals surface area (Å²) in [6.45, 7) is 0. The lowest BCUT2D eigenvalue weighted by Gasteiger charge is -2.37. The molecule has 11 heteroatoms. The molecule has 0 heterocycles. The molecule has 3 nitrogen and oxygen atoms in total. The first-order chi connectivity index (χ1) is 16.7. The number of carbonyl (C=O) groups excluding carboxylic acids is 1. The average molecular weight is 517 g/mol. The van der Waals surface area contributed by atoms with Crippen LogP contribution in [0.1, 0.15) is 28.7 Å². The van der Waals surface area contributed by atoms with Crippen molar-refractivity contribution in [2.24, 2.45) is 0 Å². The second-order valence-corrected chi connectivity index (χ2v) is 8.13. The minimum absolute atomic E-state index is 0.0564. The van der Waals surface area contributed by atoms with E-state index in [4.69, 9.17) is 0 Å². The van der Waals surface area contributed by atoms with Crippen LogP contribution in [0.25, 0.3) is 0 Å². The zero-order valence-corrected chi connectivity index (χ0v) is 18.3. The van der Waals surface area contributed by atoms with Gasteiger partial charge in [-0.1, -0.05) is 42.5 Å². The lowest BCUT2D eigenvalue weighted by molar-refractivity contribution is -0.164. The highest BCUT2D eigenvalue weighted by molar-refractivity contribution is 5.82. The number of hydrogen-bond donors (Lipinski definition) is 2. The van der Waals surface area contributed by atoms with Crippen molar-refractivity contribution in [1.29, 1.82) is 0 Å². The number of aliphatic hydroxyl groups is 1. The molecule has 0 bridgehead atoms. The Kier molecular flexibility index (Phi) is 7.73. The first-order valence-corrected chi connectivity index (χ1v) is 10.4. The van der Waals surface area contributed by atoms with Crippen LogP contribution in [0, 0.1) is 11.6 Å². The normalized spacial score (nSPS) is 14.7. The molecule has 3 aromatic rings. The van der Waals surface area contributed by atoms with Crippen molar-refractivity contribution in [2.75, 3.05) is 0 Å². The van der Waals surface area contributed by atoms with E-state index >= 15 is 0 Å². The molecule has 2 N–H and O–H groups in total. The summed E-state index contributed by atoms with van der Waals surface area (Å²) in [5, 5.41) is 12.1. The zero-order chi connectivity index (χ0) is 26.7. The Hall–Kier alpha value is -3.47. The molecular weight excluding hydrogens is 498 g/mol. The number of hydrogen-bond acceptors (Lipinski definition) is 2. The van der Waals surface area contributed by atoms with Crippen molar-refractivity contribution in [3.8, 4) is 0 Å². The number of nitrogens with one attached hydrogen (secondary N) is 1. The quantitative estimate of drug-likeness (QED) is 0.384. The van der Waals surface area contributed by atoms with Gasteiger partial charge in [-0.3, -0.25) is 4.79 Å². The maximum absolute atomic E-state index is 14.5. The molecule has 0 aliphatic carbocycles. The van der Waals surface area contributed by atoms with Crippen molar-refractivity contribution in [3.05, 3.63) is 107 Å². The van der Waals surface area contributed by atoms with Crippen molar-refractivity contribution >= 4 is 5.91 Å². The van der Waals surface area contributed by atoms with Gasteiger partial charge in [0, 0.05) is 6.42 Å². The molecule has 0 unspecified atom stereocenters. The van der Waals surface area contributed by atoms with Gasteiger partial charge in [-0.25, -0.2) is 8.78 Å². The third-order valence-electron chi connectivity index (χ3n) is 5.43. The number of benzene rings is 3. The molecular formula is C25H19F8NO2. The molecule has 36 heavy (non-hydrogen) atoms. The van der Waals surface area contributed by atoms with Gasteiger partial charge in [0.15, 0.2) is 0 Å². The highest BCUT2D eigenvalue weighted by Crippen LogP contribution is 2.38. The van der Waals surface area contributed by atoms with Gasteiger partial charge in [0.25, 0.3) is 0 Å². The lowest BCUT2D eigenvalue weighted by atomic mass is 9.77. The zero-order valence-electron chi connectivity index (χ0n) is 18.3. The number of amides is 1. The monoisotopic (exact) mass is 517 g/mol. The van der Waals surface area contributed by atoms with Gasteiger partial charge >= 0.3 is 12.4 Å². The van der Waals surface area contributed by atoms with Gasteiger partial charge in [-0.2, -0.15) is 26.3 Å². The molecule has 0 aliphatic rings. The van der Waals surface area contributed by atoms with E-state index in [9.17, 15) is 45.0 Å². The summed E-state index contributed by atoms with van der Waals surface area (Å²) in [5.41, 5.74) is -3.68. The number of aliphatic hydroxyl groups excluding tert-OH is 1. The molecule has 0 aromatic heterocycles. The summed E-state index contributed by atoms with van der Waals surface area (Å²) in [6, 6.07) is 13.3. The van der Waals surface area contributed by atoms with E-state index < -0.39 is 59.1 Å². The van der Waals surface area contributed by atoms with Crippen LogP contribution in [-0.4, -0.2) is 23.3 Å². The van der Waals surface area contributed by atoms with Gasteiger partial charge in [0.05, 0.1) is 17.5 Å². The average Bonchev–Trinajstić information content (AvgIpc) is 2.77. The summed E-state index contributed by atoms with van der Waals surface area (Å²) in [4.78, 5) is 12.8. The summed E-state index contributed by atoms with van der Waals surface area (Å²) in [7, 11) is 0. The maximum atomic E-state index is 14.5. The molecule has 0 spiro atoms. The predicted octanol–water partition coefficient (Wildman–Crippen LogP) is 5.90. The third kappa shape index (κ3) is 6.60. The molecule has 3 aromatic carbocycles. The number of alkyl halides is 6. The predicted molar refractivity (Wildman–Crippen MR) is 114 cm³/mol. The van der Waals surface area contributed by atoms with Gasteiger partial charge in [-0.05, 0) is 47.0 Å². The Labute approximate surface area is 200 Å². The number of halogens is 8. The number of rotatable bonds is 7. The topological polar surface area (TPSA) is 49.3 Å². The van der Waals surface area contributed by atoms with E-state index in [1.807, 2.05) is 0 Å². The highest BCUT2D eigenvalue weighted by Gasteiger charge is 2.42. The molecule has 2 atom stereocenters. The van der Waals surface area contributed by atoms with E-state index in [1.165, 1.54) is 12.1 Å². The lowest BCUT2D eigenvalue weighted by Crippen LogP contribution is -2.52. The first-order valence-electron chi connectivity index (χ1n) is 10.4. The molecule has 0 saturated heterocycles. The molecule has 192 valence electrons. The fourth-order valence-corrected chi connectivity index (χ4v) is 3.80. The summed E-state index contributed by atoms with van der Waals surface area (Å²) < 4.78 is 107. The molecule has 3 rings (SSSR count). The molecule has 0 radical (unpaired) electrons. The minimum atomic E-state index is -5.00. The van der Waals surface area contributed by atoms with Crippen LogP contribution in [0.2, 0.25) is 0 Å². The van der Waals surface area contributed by atoms with E-state index in [1.54, 1.807) is 18.2 Å². The molecule has 0 fully saturated rings. The van der Waals surface area contributed by atoms with Crippen LogP contribution in [0.3, 0.4) is 0 Å². The summed E-state index contributed by atoms with van der Waals surface area (Å²) in [5.74, 6) is -3.64. The van der Waals surface area contributed by atoms with E-state index in [0.29, 0.717) is 17.7 Å². The Morgan fingerprint density at radius 3 is 1.92 bits per heavy atom. The Bertz CT molecular complexity index is 1190. The van der Waals surface area contributed by atoms with Crippen LogP contribution in [0.4, 0.5) is 35.1 Å². The highest BCUT2D eigenvalue weighted by atomic mass is 19.4. The molecule has 0 saturated carbocycles. The SMILES string of the molecule is O=C(N[C@](Cc1ccccc1)(c1ccc(F)cc1)c1cc(F)cc(C(F)(F)F)c1)[C@@H](O)CC(F)(F)F. The largest absolute Gasteiger partial charge is 0.416 e. The third-order valence-corrected chi connectivity index (χ3v) is 5.43. The van der Waals surface area contributed by atoms with Crippen molar-refractivity contribution in [3.63, 3.8) is 0 Å². The van der Waals surface area contributed by atoms with Crippen LogP contribution in [-0.2, 0) is 22.9 Å². The van der Waals surface area contributed by atoms with Crippen molar-refractivity contribution in [1.82, 2.24) is 5.32 Å². The fourth-order valence-electron chi connectivity index (χ4n) is 3.80. The van der Waals surface area contributed by atoms with E-state index in [2.05, 4.69) is 5.32 Å². The second kappa shape index (κ2) is 10.3. The van der Waals surface area contributed by atoms with E-state index in [0.717, 1.165) is 24.3 Å². The van der Waals surface area contributed by atoms with Crippen LogP contribution < -0.4 is 5.32 Å². The Morgan fingerprint density at radius 2 is 1.36 bits per heavy atom. The van der Waals surface area contributed by atoms with Crippen LogP contribution in [0.5, 0.6) is 0 Å². The summed E-state index contributed by atoms with van der Waals surface area (Å²) >= 11 is 0.